The molecule has 2 aromatic rings. The van der Waals surface area contributed by atoms with Crippen molar-refractivity contribution in [2.75, 3.05) is 11.6 Å². The lowest BCUT2D eigenvalue weighted by Crippen LogP contribution is -2.22. The number of nitrogens with zero attached hydrogens (tertiary/aromatic N) is 1. The van der Waals surface area contributed by atoms with Gasteiger partial charge in [0.05, 0.1) is 18.5 Å². The molecule has 0 saturated heterocycles. The van der Waals surface area contributed by atoms with Crippen molar-refractivity contribution in [3.63, 3.8) is 0 Å². The predicted octanol–water partition coefficient (Wildman–Crippen LogP) is 2.15. The van der Waals surface area contributed by atoms with E-state index in [1.54, 1.807) is 24.3 Å². The molecule has 0 fully saturated rings. The Hall–Kier alpha value is -1.77. The van der Waals surface area contributed by atoms with Crippen molar-refractivity contribution < 1.29 is 13.2 Å². The lowest BCUT2D eigenvalue weighted by molar-refractivity contribution is 0.102. The second-order valence-corrected chi connectivity index (χ2v) is 7.34. The van der Waals surface area contributed by atoms with E-state index in [9.17, 15) is 13.2 Å². The summed E-state index contributed by atoms with van der Waals surface area (Å²) < 4.78 is 25.4. The Kier molecular flexibility index (Phi) is 5.28. The molecule has 2 rings (SSSR count). The topological polar surface area (TPSA) is 88.2 Å². The van der Waals surface area contributed by atoms with E-state index in [0.717, 1.165) is 10.7 Å². The number of pyridine rings is 1. The van der Waals surface area contributed by atoms with E-state index in [-0.39, 0.29) is 12.5 Å². The molecule has 116 valence electrons. The molecule has 2 N–H and O–H groups in total. The SMILES string of the molecule is CS(=O)(=O)NCc1cc(C(=O)Nc2ccc(Br)cc2)ccn1. The van der Waals surface area contributed by atoms with Crippen molar-refractivity contribution >= 4 is 37.5 Å². The highest BCUT2D eigenvalue weighted by Crippen LogP contribution is 2.15. The average molecular weight is 384 g/mol. The molecule has 0 aliphatic heterocycles. The smallest absolute Gasteiger partial charge is 0.255 e. The molecular formula is C14H14BrN3O3S. The minimum absolute atomic E-state index is 0.0399. The van der Waals surface area contributed by atoms with Crippen molar-refractivity contribution in [1.82, 2.24) is 9.71 Å². The summed E-state index contributed by atoms with van der Waals surface area (Å²) >= 11 is 3.32. The van der Waals surface area contributed by atoms with Gasteiger partial charge in [0.15, 0.2) is 0 Å². The Morgan fingerprint density at radius 2 is 1.91 bits per heavy atom. The molecule has 1 aromatic heterocycles. The van der Waals surface area contributed by atoms with Gasteiger partial charge in [-0.15, -0.1) is 0 Å². The number of rotatable bonds is 5. The number of carbonyl (C=O) groups excluding carboxylic acids is 1. The molecule has 6 nitrogen and oxygen atoms in total. The third kappa shape index (κ3) is 5.21. The van der Waals surface area contributed by atoms with Crippen molar-refractivity contribution in [3.05, 3.63) is 58.3 Å². The van der Waals surface area contributed by atoms with Gasteiger partial charge in [0.25, 0.3) is 5.91 Å². The lowest BCUT2D eigenvalue weighted by Gasteiger charge is -2.07. The summed E-state index contributed by atoms with van der Waals surface area (Å²) in [7, 11) is -3.30. The van der Waals surface area contributed by atoms with E-state index in [4.69, 9.17) is 0 Å². The summed E-state index contributed by atoms with van der Waals surface area (Å²) in [5, 5.41) is 2.76. The van der Waals surface area contributed by atoms with Crippen LogP contribution in [0.2, 0.25) is 0 Å². The van der Waals surface area contributed by atoms with Crippen LogP contribution in [0, 0.1) is 0 Å². The second-order valence-electron chi connectivity index (χ2n) is 4.59. The number of nitrogens with one attached hydrogen (secondary N) is 2. The standard InChI is InChI=1S/C14H14BrN3O3S/c1-22(20,21)17-9-13-8-10(6-7-16-13)14(19)18-12-4-2-11(15)3-5-12/h2-8,17H,9H2,1H3,(H,18,19). The average Bonchev–Trinajstić information content (AvgIpc) is 2.47. The largest absolute Gasteiger partial charge is 0.322 e. The minimum atomic E-state index is -3.30. The molecule has 0 aliphatic rings. The number of sulfonamides is 1. The lowest BCUT2D eigenvalue weighted by atomic mass is 10.2. The van der Waals surface area contributed by atoms with Gasteiger partial charge in [-0.25, -0.2) is 13.1 Å². The number of aromatic nitrogens is 1. The fourth-order valence-electron chi connectivity index (χ4n) is 1.66. The van der Waals surface area contributed by atoms with Gasteiger partial charge in [0.1, 0.15) is 0 Å². The molecular weight excluding hydrogens is 370 g/mol. The number of hydrogen-bond donors (Lipinski definition) is 2. The first kappa shape index (κ1) is 16.6. The number of anilines is 1. The van der Waals surface area contributed by atoms with Gasteiger partial charge in [0.2, 0.25) is 10.0 Å². The molecule has 0 saturated carbocycles. The summed E-state index contributed by atoms with van der Waals surface area (Å²) in [6.07, 6.45) is 2.53. The monoisotopic (exact) mass is 383 g/mol. The summed E-state index contributed by atoms with van der Waals surface area (Å²) in [6, 6.07) is 10.3. The molecule has 1 amide bonds. The highest BCUT2D eigenvalue weighted by atomic mass is 79.9. The first-order valence-electron chi connectivity index (χ1n) is 6.30. The van der Waals surface area contributed by atoms with Gasteiger partial charge in [-0.3, -0.25) is 9.78 Å². The summed E-state index contributed by atoms with van der Waals surface area (Å²) in [5.74, 6) is -0.287. The van der Waals surface area contributed by atoms with Crippen molar-refractivity contribution in [3.8, 4) is 0 Å². The second kappa shape index (κ2) is 6.99. The van der Waals surface area contributed by atoms with Crippen molar-refractivity contribution in [2.24, 2.45) is 0 Å². The summed E-state index contributed by atoms with van der Waals surface area (Å²) in [4.78, 5) is 16.2. The molecule has 22 heavy (non-hydrogen) atoms. The van der Waals surface area contributed by atoms with Gasteiger partial charge >= 0.3 is 0 Å². The van der Waals surface area contributed by atoms with Crippen LogP contribution in [-0.4, -0.2) is 25.6 Å². The Labute approximate surface area is 137 Å². The zero-order valence-electron chi connectivity index (χ0n) is 11.7. The highest BCUT2D eigenvalue weighted by Gasteiger charge is 2.09. The maximum absolute atomic E-state index is 12.2. The Bertz CT molecular complexity index is 776. The van der Waals surface area contributed by atoms with Crippen LogP contribution in [0.1, 0.15) is 16.1 Å². The molecule has 0 bridgehead atoms. The maximum atomic E-state index is 12.2. The molecule has 0 radical (unpaired) electrons. The van der Waals surface area contributed by atoms with Crippen LogP contribution in [0.15, 0.2) is 47.1 Å². The van der Waals surface area contributed by atoms with Gasteiger partial charge in [-0.05, 0) is 36.4 Å². The summed E-state index contributed by atoms with van der Waals surface area (Å²) in [5.41, 5.74) is 1.54. The normalized spacial score (nSPS) is 11.2. The van der Waals surface area contributed by atoms with E-state index >= 15 is 0 Å². The van der Waals surface area contributed by atoms with Crippen LogP contribution in [0.3, 0.4) is 0 Å². The van der Waals surface area contributed by atoms with Crippen molar-refractivity contribution in [1.29, 1.82) is 0 Å². The van der Waals surface area contributed by atoms with Crippen LogP contribution < -0.4 is 10.0 Å². The Morgan fingerprint density at radius 3 is 2.55 bits per heavy atom. The van der Waals surface area contributed by atoms with Crippen LogP contribution in [0.25, 0.3) is 0 Å². The quantitative estimate of drug-likeness (QED) is 0.827. The van der Waals surface area contributed by atoms with E-state index < -0.39 is 10.0 Å². The van der Waals surface area contributed by atoms with Crippen LogP contribution >= 0.6 is 15.9 Å². The number of halogens is 1. The fourth-order valence-corrected chi connectivity index (χ4v) is 2.33. The first-order chi connectivity index (χ1) is 10.3. The minimum Gasteiger partial charge on any atom is -0.322 e. The van der Waals surface area contributed by atoms with E-state index in [0.29, 0.717) is 16.9 Å². The third-order valence-corrected chi connectivity index (χ3v) is 3.89. The third-order valence-electron chi connectivity index (χ3n) is 2.70. The summed E-state index contributed by atoms with van der Waals surface area (Å²) in [6.45, 7) is 0.0399. The highest BCUT2D eigenvalue weighted by molar-refractivity contribution is 9.10. The van der Waals surface area contributed by atoms with E-state index in [1.165, 1.54) is 6.20 Å². The predicted molar refractivity (Wildman–Crippen MR) is 88.0 cm³/mol. The molecule has 0 atom stereocenters. The van der Waals surface area contributed by atoms with E-state index in [2.05, 4.69) is 31.0 Å². The maximum Gasteiger partial charge on any atom is 0.255 e. The molecule has 0 aliphatic carbocycles. The Morgan fingerprint density at radius 1 is 1.23 bits per heavy atom. The zero-order valence-corrected chi connectivity index (χ0v) is 14.1. The van der Waals surface area contributed by atoms with Gasteiger partial charge in [-0.2, -0.15) is 0 Å². The van der Waals surface area contributed by atoms with Gasteiger partial charge < -0.3 is 5.32 Å². The van der Waals surface area contributed by atoms with Crippen molar-refractivity contribution in [2.45, 2.75) is 6.54 Å². The molecule has 0 spiro atoms. The zero-order chi connectivity index (χ0) is 16.2. The Balaban J connectivity index is 2.08. The molecule has 1 heterocycles. The number of amides is 1. The first-order valence-corrected chi connectivity index (χ1v) is 8.98. The number of carbonyl (C=O) groups is 1. The molecule has 0 unspecified atom stereocenters. The van der Waals surface area contributed by atoms with E-state index in [1.807, 2.05) is 12.1 Å². The molecule has 8 heteroatoms. The molecule has 1 aromatic carbocycles. The van der Waals surface area contributed by atoms with Gasteiger partial charge in [0, 0.05) is 21.9 Å². The van der Waals surface area contributed by atoms with Crippen LogP contribution in [0.5, 0.6) is 0 Å². The van der Waals surface area contributed by atoms with Crippen LogP contribution in [-0.2, 0) is 16.6 Å². The number of benzene rings is 1. The fraction of sp³-hybridized carbons (Fsp3) is 0.143. The number of hydrogen-bond acceptors (Lipinski definition) is 4. The van der Waals surface area contributed by atoms with Crippen LogP contribution in [0.4, 0.5) is 5.69 Å². The van der Waals surface area contributed by atoms with Gasteiger partial charge in [-0.1, -0.05) is 15.9 Å².